The lowest BCUT2D eigenvalue weighted by Crippen LogP contribution is -2.54. The lowest BCUT2D eigenvalue weighted by Gasteiger charge is -2.26. The van der Waals surface area contributed by atoms with E-state index in [1.807, 2.05) is 27.7 Å². The number of Topliss-reactive ketones (excluding diaryl/α,β-unsaturated/α-hetero) is 1. The van der Waals surface area contributed by atoms with Crippen molar-refractivity contribution in [1.29, 1.82) is 0 Å². The van der Waals surface area contributed by atoms with Gasteiger partial charge >= 0.3 is 0 Å². The number of carbonyl (C=O) groups is 4. The zero-order valence-corrected chi connectivity index (χ0v) is 22.0. The van der Waals surface area contributed by atoms with Crippen LogP contribution in [0.3, 0.4) is 0 Å². The SMILES string of the molecule is CCC(=O)C(C)C[C@H](CCCCNC(C)=O)NC(=O)C(C)NC(=O)[C@H](CC(C)C)NC(C)C. The molecule has 0 aliphatic rings. The minimum Gasteiger partial charge on any atom is -0.356 e. The monoisotopic (exact) mass is 468 g/mol. The maximum absolute atomic E-state index is 12.9. The molecule has 0 aromatic heterocycles. The van der Waals surface area contributed by atoms with Crippen LogP contribution in [0.15, 0.2) is 0 Å². The van der Waals surface area contributed by atoms with Crippen LogP contribution >= 0.6 is 0 Å². The van der Waals surface area contributed by atoms with E-state index >= 15 is 0 Å². The highest BCUT2D eigenvalue weighted by atomic mass is 16.2. The number of unbranched alkanes of at least 4 members (excludes halogenated alkanes) is 1. The van der Waals surface area contributed by atoms with Crippen LogP contribution in [-0.2, 0) is 19.2 Å². The average Bonchev–Trinajstić information content (AvgIpc) is 2.70. The molecule has 0 bridgehead atoms. The molecule has 0 spiro atoms. The van der Waals surface area contributed by atoms with Crippen molar-refractivity contribution in [1.82, 2.24) is 21.3 Å². The van der Waals surface area contributed by atoms with Gasteiger partial charge in [-0.3, -0.25) is 19.2 Å². The summed E-state index contributed by atoms with van der Waals surface area (Å²) in [4.78, 5) is 48.8. The molecule has 3 amide bonds. The van der Waals surface area contributed by atoms with Gasteiger partial charge in [-0.2, -0.15) is 0 Å². The summed E-state index contributed by atoms with van der Waals surface area (Å²) < 4.78 is 0. The van der Waals surface area contributed by atoms with Crippen LogP contribution in [0.4, 0.5) is 0 Å². The highest BCUT2D eigenvalue weighted by molar-refractivity contribution is 5.89. The van der Waals surface area contributed by atoms with Gasteiger partial charge in [0.15, 0.2) is 0 Å². The van der Waals surface area contributed by atoms with E-state index < -0.39 is 6.04 Å². The Morgan fingerprint density at radius 3 is 1.97 bits per heavy atom. The standard InChI is InChI=1S/C25H48N4O4/c1-9-23(31)18(6)15-21(12-10-11-13-26-20(8)30)29-24(32)19(7)28-25(33)22(14-16(2)3)27-17(4)5/h16-19,21-22,27H,9-15H2,1-8H3,(H,26,30)(H,28,33)(H,29,32)/t18?,19?,21-,22-/m0/s1. The van der Waals surface area contributed by atoms with Crippen LogP contribution in [-0.4, -0.2) is 54.2 Å². The molecule has 192 valence electrons. The molecule has 0 aliphatic heterocycles. The van der Waals surface area contributed by atoms with Crippen LogP contribution < -0.4 is 21.3 Å². The summed E-state index contributed by atoms with van der Waals surface area (Å²) >= 11 is 0. The smallest absolute Gasteiger partial charge is 0.242 e. The van der Waals surface area contributed by atoms with Crippen molar-refractivity contribution < 1.29 is 19.2 Å². The number of rotatable bonds is 17. The molecular weight excluding hydrogens is 420 g/mol. The van der Waals surface area contributed by atoms with Crippen LogP contribution in [0.25, 0.3) is 0 Å². The van der Waals surface area contributed by atoms with Crippen molar-refractivity contribution in [3.8, 4) is 0 Å². The summed E-state index contributed by atoms with van der Waals surface area (Å²) in [6, 6.07) is -1.05. The van der Waals surface area contributed by atoms with Gasteiger partial charge in [-0.25, -0.2) is 0 Å². The molecule has 0 fully saturated rings. The Kier molecular flexibility index (Phi) is 15.6. The Bertz CT molecular complexity index is 612. The topological polar surface area (TPSA) is 116 Å². The molecule has 0 aromatic carbocycles. The lowest BCUT2D eigenvalue weighted by molar-refractivity contribution is -0.130. The second-order valence-electron chi connectivity index (χ2n) is 9.87. The molecule has 0 aliphatic carbocycles. The number of hydrogen-bond acceptors (Lipinski definition) is 5. The lowest BCUT2D eigenvalue weighted by atomic mass is 9.93. The molecule has 8 heteroatoms. The molecule has 33 heavy (non-hydrogen) atoms. The van der Waals surface area contributed by atoms with E-state index in [1.54, 1.807) is 6.92 Å². The molecule has 2 unspecified atom stereocenters. The van der Waals surface area contributed by atoms with Crippen molar-refractivity contribution in [2.24, 2.45) is 11.8 Å². The molecule has 0 saturated carbocycles. The third kappa shape index (κ3) is 14.7. The molecule has 8 nitrogen and oxygen atoms in total. The Hall–Kier alpha value is -1.96. The maximum atomic E-state index is 12.9. The highest BCUT2D eigenvalue weighted by Crippen LogP contribution is 2.14. The quantitative estimate of drug-likeness (QED) is 0.245. The summed E-state index contributed by atoms with van der Waals surface area (Å²) in [7, 11) is 0. The van der Waals surface area contributed by atoms with E-state index in [0.29, 0.717) is 38.1 Å². The van der Waals surface area contributed by atoms with Gasteiger partial charge in [0.1, 0.15) is 11.8 Å². The Labute approximate surface area is 200 Å². The van der Waals surface area contributed by atoms with E-state index in [0.717, 1.165) is 12.8 Å². The van der Waals surface area contributed by atoms with Gasteiger partial charge in [-0.15, -0.1) is 0 Å². The highest BCUT2D eigenvalue weighted by Gasteiger charge is 2.26. The molecule has 4 N–H and O–H groups in total. The molecule has 0 aromatic rings. The molecular formula is C25H48N4O4. The molecule has 0 rings (SSSR count). The van der Waals surface area contributed by atoms with E-state index in [2.05, 4.69) is 35.1 Å². The van der Waals surface area contributed by atoms with Crippen LogP contribution in [0, 0.1) is 11.8 Å². The largest absolute Gasteiger partial charge is 0.356 e. The van der Waals surface area contributed by atoms with Crippen molar-refractivity contribution >= 4 is 23.5 Å². The van der Waals surface area contributed by atoms with Crippen LogP contribution in [0.5, 0.6) is 0 Å². The third-order valence-electron chi connectivity index (χ3n) is 5.55. The Balaban J connectivity index is 5.00. The minimum atomic E-state index is -0.680. The second kappa shape index (κ2) is 16.6. The van der Waals surface area contributed by atoms with Crippen molar-refractivity contribution in [3.63, 3.8) is 0 Å². The fourth-order valence-corrected chi connectivity index (χ4v) is 3.77. The summed E-state index contributed by atoms with van der Waals surface area (Å²) in [6.45, 7) is 15.6. The average molecular weight is 469 g/mol. The number of carbonyl (C=O) groups excluding carboxylic acids is 4. The van der Waals surface area contributed by atoms with Crippen molar-refractivity contribution in [2.75, 3.05) is 6.54 Å². The number of ketones is 1. The first-order chi connectivity index (χ1) is 15.4. The zero-order chi connectivity index (χ0) is 25.6. The minimum absolute atomic E-state index is 0.0608. The van der Waals surface area contributed by atoms with Crippen LogP contribution in [0.1, 0.15) is 93.9 Å². The van der Waals surface area contributed by atoms with Crippen molar-refractivity contribution in [2.45, 2.75) is 118 Å². The van der Waals surface area contributed by atoms with Crippen molar-refractivity contribution in [3.05, 3.63) is 0 Å². The van der Waals surface area contributed by atoms with Gasteiger partial charge in [0.05, 0.1) is 6.04 Å². The summed E-state index contributed by atoms with van der Waals surface area (Å²) in [5.74, 6) is -0.123. The number of nitrogens with one attached hydrogen (secondary N) is 4. The van der Waals surface area contributed by atoms with Gasteiger partial charge in [0.25, 0.3) is 0 Å². The normalized spacial score (nSPS) is 15.0. The zero-order valence-electron chi connectivity index (χ0n) is 22.0. The van der Waals surface area contributed by atoms with Gasteiger partial charge < -0.3 is 21.3 Å². The first-order valence-electron chi connectivity index (χ1n) is 12.5. The Morgan fingerprint density at radius 2 is 1.45 bits per heavy atom. The third-order valence-corrected chi connectivity index (χ3v) is 5.55. The summed E-state index contributed by atoms with van der Waals surface area (Å²) in [6.07, 6.45) is 4.03. The second-order valence-corrected chi connectivity index (χ2v) is 9.87. The fourth-order valence-electron chi connectivity index (χ4n) is 3.77. The molecule has 4 atom stereocenters. The predicted molar refractivity (Wildman–Crippen MR) is 133 cm³/mol. The first-order valence-corrected chi connectivity index (χ1v) is 12.5. The Morgan fingerprint density at radius 1 is 0.818 bits per heavy atom. The molecule has 0 saturated heterocycles. The van der Waals surface area contributed by atoms with E-state index in [4.69, 9.17) is 0 Å². The van der Waals surface area contributed by atoms with Gasteiger partial charge in [0.2, 0.25) is 17.7 Å². The van der Waals surface area contributed by atoms with E-state index in [9.17, 15) is 19.2 Å². The summed E-state index contributed by atoms with van der Waals surface area (Å²) in [5.41, 5.74) is 0. The van der Waals surface area contributed by atoms with E-state index in [-0.39, 0.29) is 47.5 Å². The molecule has 0 heterocycles. The van der Waals surface area contributed by atoms with Gasteiger partial charge in [-0.1, -0.05) is 41.5 Å². The first kappa shape index (κ1) is 31.0. The number of hydrogen-bond donors (Lipinski definition) is 4. The number of amides is 3. The molecule has 0 radical (unpaired) electrons. The predicted octanol–water partition coefficient (Wildman–Crippen LogP) is 2.70. The fraction of sp³-hybridized carbons (Fsp3) is 0.840. The van der Waals surface area contributed by atoms with Gasteiger partial charge in [-0.05, 0) is 44.9 Å². The van der Waals surface area contributed by atoms with E-state index in [1.165, 1.54) is 6.92 Å². The van der Waals surface area contributed by atoms with Gasteiger partial charge in [0, 0.05) is 37.9 Å². The maximum Gasteiger partial charge on any atom is 0.242 e. The summed E-state index contributed by atoms with van der Waals surface area (Å²) in [5, 5.41) is 11.9. The van der Waals surface area contributed by atoms with Crippen LogP contribution in [0.2, 0.25) is 0 Å².